The van der Waals surface area contributed by atoms with Gasteiger partial charge in [-0.25, -0.2) is 0 Å². The van der Waals surface area contributed by atoms with Crippen LogP contribution in [0.4, 0.5) is 0 Å². The van der Waals surface area contributed by atoms with E-state index in [1.807, 2.05) is 0 Å². The Bertz CT molecular complexity index is 1890. The Kier molecular flexibility index (Phi) is 15.1. The maximum absolute atomic E-state index is 12.2. The molecule has 10 aliphatic rings. The molecular formula is C51H82O20. The first kappa shape index (κ1) is 53.3. The van der Waals surface area contributed by atoms with Gasteiger partial charge in [0, 0.05) is 12.3 Å². The van der Waals surface area contributed by atoms with E-state index < -0.39 is 141 Å². The minimum atomic E-state index is -1.85. The number of hydrogen-bond acceptors (Lipinski definition) is 20. The molecular weight excluding hydrogens is 933 g/mol. The van der Waals surface area contributed by atoms with Crippen LogP contribution in [0.2, 0.25) is 0 Å². The summed E-state index contributed by atoms with van der Waals surface area (Å²) in [4.78, 5) is 0. The molecule has 10 N–H and O–H groups in total. The van der Waals surface area contributed by atoms with Crippen molar-refractivity contribution >= 4 is 0 Å². The molecule has 4 aliphatic carbocycles. The Hall–Kier alpha value is -1.06. The Labute approximate surface area is 415 Å². The summed E-state index contributed by atoms with van der Waals surface area (Å²) in [5.41, 5.74) is 1.44. The monoisotopic (exact) mass is 1010 g/mol. The first-order valence-corrected chi connectivity index (χ1v) is 26.6. The molecule has 0 aromatic heterocycles. The van der Waals surface area contributed by atoms with E-state index in [-0.39, 0.29) is 16.9 Å². The molecule has 0 radical (unpaired) electrons. The topological polar surface area (TPSA) is 295 Å². The minimum Gasteiger partial charge on any atom is -0.394 e. The Morgan fingerprint density at radius 1 is 0.592 bits per heavy atom. The van der Waals surface area contributed by atoms with Crippen LogP contribution >= 0.6 is 0 Å². The van der Waals surface area contributed by atoms with Gasteiger partial charge in [0.25, 0.3) is 0 Å². The molecule has 3 saturated carbocycles. The lowest BCUT2D eigenvalue weighted by atomic mass is 9.47. The number of aliphatic hydroxyl groups excluding tert-OH is 10. The predicted octanol–water partition coefficient (Wildman–Crippen LogP) is 0.0935. The lowest BCUT2D eigenvalue weighted by molar-refractivity contribution is -0.394. The van der Waals surface area contributed by atoms with E-state index in [9.17, 15) is 51.1 Å². The van der Waals surface area contributed by atoms with Gasteiger partial charge in [0.1, 0.15) is 79.4 Å². The van der Waals surface area contributed by atoms with E-state index in [4.69, 9.17) is 47.4 Å². The van der Waals surface area contributed by atoms with Gasteiger partial charge in [-0.2, -0.15) is 0 Å². The number of ether oxygens (including phenoxy) is 10. The lowest BCUT2D eigenvalue weighted by Crippen LogP contribution is -2.67. The van der Waals surface area contributed by atoms with Gasteiger partial charge in [-0.15, -0.1) is 0 Å². The van der Waals surface area contributed by atoms with Gasteiger partial charge >= 0.3 is 0 Å². The van der Waals surface area contributed by atoms with Gasteiger partial charge in [0.15, 0.2) is 30.9 Å². The van der Waals surface area contributed by atoms with E-state index in [0.29, 0.717) is 48.3 Å². The summed E-state index contributed by atoms with van der Waals surface area (Å²) >= 11 is 0. The van der Waals surface area contributed by atoms with Crippen molar-refractivity contribution in [3.05, 3.63) is 11.6 Å². The van der Waals surface area contributed by atoms with Gasteiger partial charge in [-0.05, 0) is 113 Å². The zero-order chi connectivity index (χ0) is 50.8. The number of allylic oxidation sites excluding steroid dienone is 1. The number of aliphatic hydroxyl groups is 10. The molecule has 9 fully saturated rings. The Morgan fingerprint density at radius 3 is 1.82 bits per heavy atom. The smallest absolute Gasteiger partial charge is 0.187 e. The highest BCUT2D eigenvalue weighted by Gasteiger charge is 2.69. The average molecular weight is 1020 g/mol. The van der Waals surface area contributed by atoms with E-state index in [1.165, 1.54) is 26.3 Å². The lowest BCUT2D eigenvalue weighted by Gasteiger charge is -2.59. The van der Waals surface area contributed by atoms with Gasteiger partial charge < -0.3 is 98.4 Å². The average Bonchev–Trinajstić information content (AvgIpc) is 3.79. The maximum atomic E-state index is 12.2. The molecule has 0 amide bonds. The molecule has 20 nitrogen and oxygen atoms in total. The summed E-state index contributed by atoms with van der Waals surface area (Å²) in [7, 11) is 0. The van der Waals surface area contributed by atoms with Crippen molar-refractivity contribution in [1.29, 1.82) is 0 Å². The van der Waals surface area contributed by atoms with Crippen LogP contribution in [-0.4, -0.2) is 205 Å². The van der Waals surface area contributed by atoms with Crippen molar-refractivity contribution in [2.24, 2.45) is 46.3 Å². The summed E-state index contributed by atoms with van der Waals surface area (Å²) in [6, 6.07) is 0. The Morgan fingerprint density at radius 2 is 1.20 bits per heavy atom. The third kappa shape index (κ3) is 9.03. The summed E-state index contributed by atoms with van der Waals surface area (Å²) < 4.78 is 62.2. The molecule has 6 aliphatic heterocycles. The van der Waals surface area contributed by atoms with Gasteiger partial charge in [-0.3, -0.25) is 0 Å². The normalized spacial score (nSPS) is 58.4. The van der Waals surface area contributed by atoms with Gasteiger partial charge in [0.05, 0.1) is 43.7 Å². The van der Waals surface area contributed by atoms with Crippen LogP contribution in [0, 0.1) is 46.3 Å². The van der Waals surface area contributed by atoms with Crippen molar-refractivity contribution in [2.75, 3.05) is 13.2 Å². The van der Waals surface area contributed by atoms with Crippen molar-refractivity contribution in [3.8, 4) is 0 Å². The van der Waals surface area contributed by atoms with E-state index >= 15 is 0 Å². The van der Waals surface area contributed by atoms with Crippen LogP contribution in [-0.2, 0) is 47.4 Å². The van der Waals surface area contributed by atoms with Crippen LogP contribution in [0.15, 0.2) is 11.6 Å². The van der Waals surface area contributed by atoms with Gasteiger partial charge in [-0.1, -0.05) is 39.3 Å². The standard InChI is InChI=1S/C51H82O20/c1-20-10-15-51(62-19-20)21(2)32-30(71-51)17-29-27-9-8-25-16-26(11-13-49(25,6)28(27)12-14-50(29,32)7)66-48-44(70-46-39(59)36(56)34(54)23(4)64-46)41(61)43(31(18-52)67-48)69-47-40(60)37(57)42(24(5)65-47)68-45-38(58)35(55)33(53)22(3)63-45/h8,20-24,26-48,52-61H,9-19H2,1-7H3/t20-,21+,22+,23-,24+,26+,27-,28+,29-,30+,31-,32?,33+,34-,35-,36-,37+,38+,39-,40-,41+,42+,43-,44-,45+,46+,47+,48-,49+,50-,51+/m1/s1. The zero-order valence-corrected chi connectivity index (χ0v) is 42.1. The maximum Gasteiger partial charge on any atom is 0.187 e. The molecule has 1 unspecified atom stereocenters. The van der Waals surface area contributed by atoms with Crippen molar-refractivity contribution in [3.63, 3.8) is 0 Å². The van der Waals surface area contributed by atoms with E-state index in [1.54, 1.807) is 0 Å². The molecule has 71 heavy (non-hydrogen) atoms. The third-order valence-electron chi connectivity index (χ3n) is 19.7. The SMILES string of the molecule is C[C@@H]1CC[C@]2(OC1)O[C@H]1C[C@@H]3[C@@H]4CC=C5C[C@@H](O[C@@H]6O[C@H](CO)[C@@H](O[C@@H]7O[C@@H](C)[C@H](O[C@@H]8O[C@@H](C)[C@H](O)[C@@H](O)[C@@H]8O)[C@@H](O)[C@H]7O)[C@H](O)[C@H]6O[C@@H]6O[C@H](C)[C@@H](O)[C@@H](O)[C@H]6O)CC[C@]5(C)[C@H]4CC[C@@]3(C)C1[C@@H]2C. The zero-order valence-electron chi connectivity index (χ0n) is 42.1. The van der Waals surface area contributed by atoms with Crippen molar-refractivity contribution < 1.29 is 98.4 Å². The molecule has 1 spiro atoms. The first-order chi connectivity index (χ1) is 33.6. The number of fused-ring (bicyclic) bond motifs is 7. The predicted molar refractivity (Wildman–Crippen MR) is 244 cm³/mol. The van der Waals surface area contributed by atoms with Crippen molar-refractivity contribution in [2.45, 2.75) is 247 Å². The van der Waals surface area contributed by atoms with Crippen LogP contribution in [0.3, 0.4) is 0 Å². The summed E-state index contributed by atoms with van der Waals surface area (Å²) in [5.74, 6) is 2.46. The molecule has 406 valence electrons. The Balaban J connectivity index is 0.836. The molecule has 10 rings (SSSR count). The second-order valence-corrected chi connectivity index (χ2v) is 23.8. The van der Waals surface area contributed by atoms with E-state index in [2.05, 4.69) is 33.8 Å². The van der Waals surface area contributed by atoms with Crippen LogP contribution < -0.4 is 0 Å². The number of hydrogen-bond donors (Lipinski definition) is 10. The number of rotatable bonds is 9. The van der Waals surface area contributed by atoms with Crippen LogP contribution in [0.5, 0.6) is 0 Å². The molecule has 6 saturated heterocycles. The molecule has 0 aromatic rings. The highest BCUT2D eigenvalue weighted by molar-refractivity contribution is 5.26. The first-order valence-electron chi connectivity index (χ1n) is 26.6. The molecule has 0 bridgehead atoms. The van der Waals surface area contributed by atoms with Crippen LogP contribution in [0.1, 0.15) is 106 Å². The molecule has 6 heterocycles. The highest BCUT2D eigenvalue weighted by Crippen LogP contribution is 2.71. The molecule has 31 atom stereocenters. The fourth-order valence-corrected chi connectivity index (χ4v) is 15.4. The summed E-state index contributed by atoms with van der Waals surface area (Å²) in [6.45, 7) is 14.1. The second kappa shape index (κ2) is 20.1. The van der Waals surface area contributed by atoms with Gasteiger partial charge in [0.2, 0.25) is 0 Å². The van der Waals surface area contributed by atoms with Crippen molar-refractivity contribution in [1.82, 2.24) is 0 Å². The highest BCUT2D eigenvalue weighted by atomic mass is 16.8. The van der Waals surface area contributed by atoms with E-state index in [0.717, 1.165) is 51.6 Å². The largest absolute Gasteiger partial charge is 0.394 e. The second-order valence-electron chi connectivity index (χ2n) is 23.8. The van der Waals surface area contributed by atoms with Crippen LogP contribution in [0.25, 0.3) is 0 Å². The summed E-state index contributed by atoms with van der Waals surface area (Å²) in [6.07, 6.45) is -19.0. The quantitative estimate of drug-likeness (QED) is 0.137. The third-order valence-corrected chi connectivity index (χ3v) is 19.7. The summed E-state index contributed by atoms with van der Waals surface area (Å²) in [5, 5.41) is 109. The molecule has 20 heteroatoms. The fraction of sp³-hybridized carbons (Fsp3) is 0.961. The minimum absolute atomic E-state index is 0.0569. The molecule has 0 aromatic carbocycles. The fourth-order valence-electron chi connectivity index (χ4n) is 15.4.